The van der Waals surface area contributed by atoms with E-state index in [4.69, 9.17) is 16.3 Å². The molecule has 5 nitrogen and oxygen atoms in total. The minimum Gasteiger partial charge on any atom is -0.494 e. The largest absolute Gasteiger partial charge is 0.494 e. The van der Waals surface area contributed by atoms with Crippen molar-refractivity contribution < 1.29 is 14.3 Å². The summed E-state index contributed by atoms with van der Waals surface area (Å²) in [6.07, 6.45) is 0.888. The normalized spacial score (nSPS) is 13.6. The third-order valence-corrected chi connectivity index (χ3v) is 5.87. The molecule has 0 aliphatic carbocycles. The Kier molecular flexibility index (Phi) is 6.52. The first kappa shape index (κ1) is 22.6. The van der Waals surface area contributed by atoms with Crippen molar-refractivity contribution in [1.82, 2.24) is 0 Å². The summed E-state index contributed by atoms with van der Waals surface area (Å²) < 4.78 is 5.72. The van der Waals surface area contributed by atoms with Gasteiger partial charge in [0.1, 0.15) is 11.4 Å². The third-order valence-electron chi connectivity index (χ3n) is 5.55. The number of ether oxygens (including phenoxy) is 1. The molecule has 4 rings (SSSR count). The first-order valence-corrected chi connectivity index (χ1v) is 11.2. The lowest BCUT2D eigenvalue weighted by molar-refractivity contribution is -0.120. The predicted molar refractivity (Wildman–Crippen MR) is 133 cm³/mol. The zero-order valence-electron chi connectivity index (χ0n) is 18.8. The Balaban J connectivity index is 1.80. The number of imide groups is 1. The van der Waals surface area contributed by atoms with E-state index in [9.17, 15) is 9.59 Å². The Bertz CT molecular complexity index is 1270. The molecule has 0 aromatic heterocycles. The number of benzene rings is 3. The van der Waals surface area contributed by atoms with Crippen molar-refractivity contribution in [3.05, 3.63) is 94.1 Å². The summed E-state index contributed by atoms with van der Waals surface area (Å²) in [6.45, 7) is 6.62. The van der Waals surface area contributed by atoms with Gasteiger partial charge in [-0.25, -0.2) is 4.90 Å². The predicted octanol–water partition coefficient (Wildman–Crippen LogP) is 6.14. The number of anilines is 2. The quantitative estimate of drug-likeness (QED) is 0.430. The standard InChI is InChI=1S/C27H25ClN2O3/c1-4-14-33-21-9-7-8-20(16-21)29-25-24(19-13-12-17(2)18(3)15-19)26(31)30(27(25)32)23-11-6-5-10-22(23)28/h5-13,15-16,29H,4,14H2,1-3H3. The van der Waals surface area contributed by atoms with Gasteiger partial charge in [-0.05, 0) is 61.2 Å². The number of carbonyl (C=O) groups is 2. The number of amides is 2. The van der Waals surface area contributed by atoms with Crippen LogP contribution in [0.2, 0.25) is 5.02 Å². The highest BCUT2D eigenvalue weighted by Gasteiger charge is 2.41. The molecule has 3 aromatic carbocycles. The van der Waals surface area contributed by atoms with Gasteiger partial charge in [-0.15, -0.1) is 0 Å². The van der Waals surface area contributed by atoms with Crippen LogP contribution in [0.15, 0.2) is 72.4 Å². The van der Waals surface area contributed by atoms with Gasteiger partial charge >= 0.3 is 0 Å². The van der Waals surface area contributed by atoms with Gasteiger partial charge in [-0.3, -0.25) is 9.59 Å². The Hall–Kier alpha value is -3.57. The molecule has 0 spiro atoms. The van der Waals surface area contributed by atoms with E-state index in [0.717, 1.165) is 22.4 Å². The van der Waals surface area contributed by atoms with Crippen molar-refractivity contribution in [3.63, 3.8) is 0 Å². The van der Waals surface area contributed by atoms with Crippen LogP contribution in [0.3, 0.4) is 0 Å². The van der Waals surface area contributed by atoms with Crippen molar-refractivity contribution in [3.8, 4) is 5.75 Å². The molecule has 1 aliphatic rings. The van der Waals surface area contributed by atoms with E-state index in [-0.39, 0.29) is 5.70 Å². The maximum atomic E-state index is 13.6. The Morgan fingerprint density at radius 1 is 0.909 bits per heavy atom. The van der Waals surface area contributed by atoms with Crippen LogP contribution in [0.5, 0.6) is 5.75 Å². The van der Waals surface area contributed by atoms with E-state index in [2.05, 4.69) is 5.32 Å². The zero-order valence-corrected chi connectivity index (χ0v) is 19.6. The van der Waals surface area contributed by atoms with Gasteiger partial charge in [0.15, 0.2) is 0 Å². The van der Waals surface area contributed by atoms with Gasteiger partial charge in [0.05, 0.1) is 22.9 Å². The van der Waals surface area contributed by atoms with Crippen LogP contribution < -0.4 is 15.0 Å². The van der Waals surface area contributed by atoms with Gasteiger partial charge in [0, 0.05) is 11.8 Å². The number of nitrogens with one attached hydrogen (secondary N) is 1. The molecular formula is C27H25ClN2O3. The van der Waals surface area contributed by atoms with Gasteiger partial charge in [-0.2, -0.15) is 0 Å². The Labute approximate surface area is 198 Å². The summed E-state index contributed by atoms with van der Waals surface area (Å²) >= 11 is 6.35. The Morgan fingerprint density at radius 2 is 1.70 bits per heavy atom. The molecule has 0 saturated heterocycles. The summed E-state index contributed by atoms with van der Waals surface area (Å²) in [5.41, 5.74) is 4.33. The molecule has 0 saturated carbocycles. The lowest BCUT2D eigenvalue weighted by Crippen LogP contribution is -2.32. The molecule has 6 heteroatoms. The van der Waals surface area contributed by atoms with Crippen LogP contribution >= 0.6 is 11.6 Å². The molecular weight excluding hydrogens is 436 g/mol. The van der Waals surface area contributed by atoms with E-state index in [0.29, 0.717) is 39.9 Å². The third kappa shape index (κ3) is 4.50. The van der Waals surface area contributed by atoms with Crippen molar-refractivity contribution >= 4 is 40.4 Å². The molecule has 0 fully saturated rings. The molecule has 168 valence electrons. The lowest BCUT2D eigenvalue weighted by atomic mass is 9.99. The molecule has 0 atom stereocenters. The molecule has 0 bridgehead atoms. The zero-order chi connectivity index (χ0) is 23.5. The van der Waals surface area contributed by atoms with Crippen LogP contribution in [-0.4, -0.2) is 18.4 Å². The first-order chi connectivity index (χ1) is 15.9. The van der Waals surface area contributed by atoms with E-state index < -0.39 is 11.8 Å². The molecule has 1 aliphatic heterocycles. The number of rotatable bonds is 7. The maximum absolute atomic E-state index is 13.6. The highest BCUT2D eigenvalue weighted by atomic mass is 35.5. The first-order valence-electron chi connectivity index (χ1n) is 10.9. The Morgan fingerprint density at radius 3 is 2.42 bits per heavy atom. The highest BCUT2D eigenvalue weighted by molar-refractivity contribution is 6.48. The smallest absolute Gasteiger partial charge is 0.282 e. The number of nitrogens with zero attached hydrogens (tertiary/aromatic N) is 1. The summed E-state index contributed by atoms with van der Waals surface area (Å²) in [6, 6.07) is 19.9. The van der Waals surface area contributed by atoms with Crippen LogP contribution in [-0.2, 0) is 9.59 Å². The van der Waals surface area contributed by atoms with Gasteiger partial charge in [0.25, 0.3) is 11.8 Å². The van der Waals surface area contributed by atoms with Crippen molar-refractivity contribution in [2.24, 2.45) is 0 Å². The van der Waals surface area contributed by atoms with E-state index in [1.807, 2.05) is 63.2 Å². The maximum Gasteiger partial charge on any atom is 0.282 e. The number of aryl methyl sites for hydroxylation is 2. The summed E-state index contributed by atoms with van der Waals surface area (Å²) in [5.74, 6) is -0.187. The van der Waals surface area contributed by atoms with E-state index in [1.54, 1.807) is 24.3 Å². The summed E-state index contributed by atoms with van der Waals surface area (Å²) in [4.78, 5) is 28.3. The number of halogens is 1. The van der Waals surface area contributed by atoms with Crippen molar-refractivity contribution in [2.75, 3.05) is 16.8 Å². The number of hydrogen-bond acceptors (Lipinski definition) is 4. The fourth-order valence-corrected chi connectivity index (χ4v) is 3.91. The average molecular weight is 461 g/mol. The molecule has 33 heavy (non-hydrogen) atoms. The summed E-state index contributed by atoms with van der Waals surface area (Å²) in [7, 11) is 0. The SMILES string of the molecule is CCCOc1cccc(NC2=C(c3ccc(C)c(C)c3)C(=O)N(c3ccccc3Cl)C2=O)c1. The average Bonchev–Trinajstić information content (AvgIpc) is 3.04. The van der Waals surface area contributed by atoms with Gasteiger partial charge < -0.3 is 10.1 Å². The second kappa shape index (κ2) is 9.51. The van der Waals surface area contributed by atoms with Crippen LogP contribution in [0.1, 0.15) is 30.0 Å². The topological polar surface area (TPSA) is 58.6 Å². The minimum absolute atomic E-state index is 0.204. The monoisotopic (exact) mass is 460 g/mol. The van der Waals surface area contributed by atoms with E-state index in [1.165, 1.54) is 0 Å². The van der Waals surface area contributed by atoms with Crippen molar-refractivity contribution in [2.45, 2.75) is 27.2 Å². The molecule has 2 amide bonds. The molecule has 3 aromatic rings. The van der Waals surface area contributed by atoms with Crippen LogP contribution in [0.4, 0.5) is 11.4 Å². The molecule has 0 unspecified atom stereocenters. The molecule has 1 N–H and O–H groups in total. The molecule has 1 heterocycles. The second-order valence-corrected chi connectivity index (χ2v) is 8.35. The van der Waals surface area contributed by atoms with Crippen LogP contribution in [0, 0.1) is 13.8 Å². The van der Waals surface area contributed by atoms with Crippen LogP contribution in [0.25, 0.3) is 5.57 Å². The summed E-state index contributed by atoms with van der Waals surface area (Å²) in [5, 5.41) is 3.51. The fourth-order valence-electron chi connectivity index (χ4n) is 3.69. The molecule has 0 radical (unpaired) electrons. The van der Waals surface area contributed by atoms with Gasteiger partial charge in [-0.1, -0.05) is 54.9 Å². The van der Waals surface area contributed by atoms with E-state index >= 15 is 0 Å². The lowest BCUT2D eigenvalue weighted by Gasteiger charge is -2.17. The minimum atomic E-state index is -0.457. The van der Waals surface area contributed by atoms with Gasteiger partial charge in [0.2, 0.25) is 0 Å². The highest BCUT2D eigenvalue weighted by Crippen LogP contribution is 2.37. The number of hydrogen-bond donors (Lipinski definition) is 1. The van der Waals surface area contributed by atoms with Crippen molar-refractivity contribution in [1.29, 1.82) is 0 Å². The fraction of sp³-hybridized carbons (Fsp3) is 0.185. The number of para-hydroxylation sites is 1. The second-order valence-electron chi connectivity index (χ2n) is 7.95. The number of carbonyl (C=O) groups excluding carboxylic acids is 2.